The smallest absolute Gasteiger partial charge is 0.104 e. The summed E-state index contributed by atoms with van der Waals surface area (Å²) in [5.41, 5.74) is 3.35. The molecule has 1 unspecified atom stereocenters. The molecular weight excluding hydrogens is 220 g/mol. The normalized spacial score (nSPS) is 17.2. The van der Waals surface area contributed by atoms with Crippen molar-refractivity contribution in [2.24, 2.45) is 0 Å². The van der Waals surface area contributed by atoms with Crippen molar-refractivity contribution in [3.8, 4) is 0 Å². The molecule has 1 atom stereocenters. The molecule has 1 aliphatic rings. The van der Waals surface area contributed by atoms with Crippen molar-refractivity contribution >= 4 is 0 Å². The predicted molar refractivity (Wildman–Crippen MR) is 73.5 cm³/mol. The second-order valence-corrected chi connectivity index (χ2v) is 5.11. The van der Waals surface area contributed by atoms with Gasteiger partial charge in [-0.25, -0.2) is 0 Å². The van der Waals surface area contributed by atoms with Crippen LogP contribution in [-0.2, 0) is 0 Å². The monoisotopic (exact) mass is 238 g/mol. The standard InChI is InChI=1S/C17H18O/c18-17(15-5-2-1-3-6-15)16-11-9-14(10-12-16)13-7-4-8-13/h1-3,5-6,9-13,17-18H,4,7-8H2. The fraction of sp³-hybridized carbons (Fsp3) is 0.294. The quantitative estimate of drug-likeness (QED) is 0.855. The Morgan fingerprint density at radius 2 is 1.44 bits per heavy atom. The van der Waals surface area contributed by atoms with Crippen LogP contribution in [0.15, 0.2) is 54.6 Å². The number of benzene rings is 2. The third kappa shape index (κ3) is 2.19. The van der Waals surface area contributed by atoms with E-state index in [9.17, 15) is 5.11 Å². The molecule has 18 heavy (non-hydrogen) atoms. The molecule has 1 nitrogen and oxygen atoms in total. The van der Waals surface area contributed by atoms with Gasteiger partial charge in [0.1, 0.15) is 6.10 Å². The molecule has 0 amide bonds. The Kier molecular flexibility index (Phi) is 3.16. The zero-order chi connectivity index (χ0) is 12.4. The Balaban J connectivity index is 1.80. The molecule has 0 aromatic heterocycles. The molecule has 1 fully saturated rings. The van der Waals surface area contributed by atoms with Crippen LogP contribution in [0.4, 0.5) is 0 Å². The molecule has 2 aromatic carbocycles. The number of hydrogen-bond donors (Lipinski definition) is 1. The maximum Gasteiger partial charge on any atom is 0.104 e. The van der Waals surface area contributed by atoms with Gasteiger partial charge in [0.15, 0.2) is 0 Å². The van der Waals surface area contributed by atoms with Crippen molar-refractivity contribution < 1.29 is 5.11 Å². The second kappa shape index (κ2) is 4.95. The summed E-state index contributed by atoms with van der Waals surface area (Å²) >= 11 is 0. The van der Waals surface area contributed by atoms with Crippen LogP contribution >= 0.6 is 0 Å². The van der Waals surface area contributed by atoms with Crippen molar-refractivity contribution in [2.45, 2.75) is 31.3 Å². The highest BCUT2D eigenvalue weighted by Crippen LogP contribution is 2.36. The molecule has 1 aliphatic carbocycles. The van der Waals surface area contributed by atoms with Crippen molar-refractivity contribution in [2.75, 3.05) is 0 Å². The Bertz CT molecular complexity index is 497. The largest absolute Gasteiger partial charge is 0.384 e. The van der Waals surface area contributed by atoms with Gasteiger partial charge in [0.25, 0.3) is 0 Å². The summed E-state index contributed by atoms with van der Waals surface area (Å²) in [4.78, 5) is 0. The summed E-state index contributed by atoms with van der Waals surface area (Å²) < 4.78 is 0. The summed E-state index contributed by atoms with van der Waals surface area (Å²) in [6.45, 7) is 0. The van der Waals surface area contributed by atoms with Gasteiger partial charge < -0.3 is 5.11 Å². The van der Waals surface area contributed by atoms with Crippen LogP contribution in [0.1, 0.15) is 48.0 Å². The first-order valence-electron chi connectivity index (χ1n) is 6.67. The lowest BCUT2D eigenvalue weighted by Gasteiger charge is -2.26. The van der Waals surface area contributed by atoms with Crippen LogP contribution in [0.5, 0.6) is 0 Å². The predicted octanol–water partition coefficient (Wildman–Crippen LogP) is 4.04. The van der Waals surface area contributed by atoms with E-state index in [1.54, 1.807) is 0 Å². The lowest BCUT2D eigenvalue weighted by molar-refractivity contribution is 0.220. The van der Waals surface area contributed by atoms with Gasteiger partial charge in [0, 0.05) is 0 Å². The highest BCUT2D eigenvalue weighted by atomic mass is 16.3. The van der Waals surface area contributed by atoms with Crippen molar-refractivity contribution in [1.29, 1.82) is 0 Å². The van der Waals surface area contributed by atoms with Gasteiger partial charge in [0.2, 0.25) is 0 Å². The third-order valence-corrected chi connectivity index (χ3v) is 3.94. The first-order chi connectivity index (χ1) is 8.84. The van der Waals surface area contributed by atoms with Gasteiger partial charge in [0.05, 0.1) is 0 Å². The topological polar surface area (TPSA) is 20.2 Å². The Morgan fingerprint density at radius 1 is 0.833 bits per heavy atom. The number of hydrogen-bond acceptors (Lipinski definition) is 1. The van der Waals surface area contributed by atoms with E-state index in [4.69, 9.17) is 0 Å². The maximum absolute atomic E-state index is 10.3. The minimum Gasteiger partial charge on any atom is -0.384 e. The molecule has 0 saturated heterocycles. The van der Waals surface area contributed by atoms with E-state index >= 15 is 0 Å². The lowest BCUT2D eigenvalue weighted by Crippen LogP contribution is -2.08. The van der Waals surface area contributed by atoms with Crippen LogP contribution in [0.2, 0.25) is 0 Å². The van der Waals surface area contributed by atoms with Crippen LogP contribution in [0, 0.1) is 0 Å². The van der Waals surface area contributed by atoms with Crippen LogP contribution in [0.25, 0.3) is 0 Å². The first kappa shape index (κ1) is 11.5. The maximum atomic E-state index is 10.3. The molecule has 3 rings (SSSR count). The van der Waals surface area contributed by atoms with Gasteiger partial charge >= 0.3 is 0 Å². The number of rotatable bonds is 3. The Hall–Kier alpha value is -1.60. The minimum atomic E-state index is -0.512. The number of aliphatic hydroxyl groups excluding tert-OH is 1. The molecule has 0 radical (unpaired) electrons. The van der Waals surface area contributed by atoms with Gasteiger partial charge in [-0.1, -0.05) is 61.0 Å². The van der Waals surface area contributed by atoms with Crippen LogP contribution in [0.3, 0.4) is 0 Å². The molecule has 2 aromatic rings. The fourth-order valence-electron chi connectivity index (χ4n) is 2.52. The summed E-state index contributed by atoms with van der Waals surface area (Å²) in [5.74, 6) is 0.757. The van der Waals surface area contributed by atoms with Crippen LogP contribution < -0.4 is 0 Å². The van der Waals surface area contributed by atoms with Crippen molar-refractivity contribution in [3.05, 3.63) is 71.3 Å². The summed E-state index contributed by atoms with van der Waals surface area (Å²) in [5, 5.41) is 10.3. The fourth-order valence-corrected chi connectivity index (χ4v) is 2.52. The highest BCUT2D eigenvalue weighted by Gasteiger charge is 2.19. The van der Waals surface area contributed by atoms with E-state index < -0.39 is 6.10 Å². The zero-order valence-corrected chi connectivity index (χ0v) is 10.4. The molecule has 0 bridgehead atoms. The number of aliphatic hydroxyl groups is 1. The first-order valence-corrected chi connectivity index (χ1v) is 6.67. The van der Waals surface area contributed by atoms with Gasteiger partial charge in [-0.15, -0.1) is 0 Å². The highest BCUT2D eigenvalue weighted by molar-refractivity contribution is 5.33. The van der Waals surface area contributed by atoms with Gasteiger partial charge in [-0.05, 0) is 35.4 Å². The molecular formula is C17H18O. The summed E-state index contributed by atoms with van der Waals surface area (Å²) in [6, 6.07) is 18.3. The average molecular weight is 238 g/mol. The second-order valence-electron chi connectivity index (χ2n) is 5.11. The minimum absolute atomic E-state index is 0.512. The van der Waals surface area contributed by atoms with E-state index in [1.807, 2.05) is 30.3 Å². The third-order valence-electron chi connectivity index (χ3n) is 3.94. The van der Waals surface area contributed by atoms with Gasteiger partial charge in [-0.2, -0.15) is 0 Å². The molecule has 0 aliphatic heterocycles. The summed E-state index contributed by atoms with van der Waals surface area (Å²) in [6.07, 6.45) is 3.49. The van der Waals surface area contributed by atoms with E-state index in [-0.39, 0.29) is 0 Å². The molecule has 1 N–H and O–H groups in total. The lowest BCUT2D eigenvalue weighted by atomic mass is 9.80. The SMILES string of the molecule is OC(c1ccccc1)c1ccc(C2CCC2)cc1. The Morgan fingerprint density at radius 3 is 2.00 bits per heavy atom. The Labute approximate surface area is 108 Å². The van der Waals surface area contributed by atoms with E-state index in [0.29, 0.717) is 0 Å². The zero-order valence-electron chi connectivity index (χ0n) is 10.4. The van der Waals surface area contributed by atoms with E-state index in [0.717, 1.165) is 17.0 Å². The van der Waals surface area contributed by atoms with E-state index in [1.165, 1.54) is 24.8 Å². The van der Waals surface area contributed by atoms with E-state index in [2.05, 4.69) is 24.3 Å². The molecule has 1 saturated carbocycles. The molecule has 0 spiro atoms. The summed E-state index contributed by atoms with van der Waals surface area (Å²) in [7, 11) is 0. The molecule has 1 heteroatoms. The van der Waals surface area contributed by atoms with Crippen LogP contribution in [-0.4, -0.2) is 5.11 Å². The molecule has 0 heterocycles. The van der Waals surface area contributed by atoms with Crippen molar-refractivity contribution in [1.82, 2.24) is 0 Å². The molecule has 92 valence electrons. The van der Waals surface area contributed by atoms with Crippen molar-refractivity contribution in [3.63, 3.8) is 0 Å². The average Bonchev–Trinajstić information content (AvgIpc) is 2.38. The van der Waals surface area contributed by atoms with Gasteiger partial charge in [-0.3, -0.25) is 0 Å².